The molecule has 10 heteroatoms. The van der Waals surface area contributed by atoms with E-state index in [0.29, 0.717) is 37.5 Å². The van der Waals surface area contributed by atoms with Gasteiger partial charge >= 0.3 is 12.1 Å². The lowest BCUT2D eigenvalue weighted by Crippen LogP contribution is -2.49. The Morgan fingerprint density at radius 1 is 1.31 bits per heavy atom. The predicted molar refractivity (Wildman–Crippen MR) is 101 cm³/mol. The van der Waals surface area contributed by atoms with Gasteiger partial charge in [0.25, 0.3) is 5.91 Å². The number of para-hydroxylation sites is 1. The molecule has 3 N–H and O–H groups in total. The minimum absolute atomic E-state index is 0.257. The third-order valence-corrected chi connectivity index (χ3v) is 4.77. The molecule has 1 spiro atoms. The zero-order chi connectivity index (χ0) is 20.9. The molecule has 10 nitrogen and oxygen atoms in total. The molecule has 0 aliphatic carbocycles. The number of urea groups is 2. The maximum Gasteiger partial charge on any atom is 0.325 e. The lowest BCUT2D eigenvalue weighted by molar-refractivity contribution is -0.135. The number of hydrogen-bond acceptors (Lipinski definition) is 6. The van der Waals surface area contributed by atoms with Crippen molar-refractivity contribution >= 4 is 23.9 Å². The summed E-state index contributed by atoms with van der Waals surface area (Å²) >= 11 is 0. The van der Waals surface area contributed by atoms with E-state index < -0.39 is 36.0 Å². The molecule has 0 saturated carbocycles. The lowest BCUT2D eigenvalue weighted by Gasteiger charge is -2.33. The molecule has 29 heavy (non-hydrogen) atoms. The Morgan fingerprint density at radius 3 is 2.90 bits per heavy atom. The van der Waals surface area contributed by atoms with E-state index in [4.69, 9.17) is 9.47 Å². The maximum absolute atomic E-state index is 13.0. The summed E-state index contributed by atoms with van der Waals surface area (Å²) in [5.41, 5.74) is -0.701. The zero-order valence-electron chi connectivity index (χ0n) is 16.2. The molecule has 1 fully saturated rings. The molecular weight excluding hydrogens is 380 g/mol. The van der Waals surface area contributed by atoms with Gasteiger partial charge in [-0.3, -0.25) is 19.8 Å². The van der Waals surface area contributed by atoms with Gasteiger partial charge in [0.15, 0.2) is 5.54 Å². The van der Waals surface area contributed by atoms with E-state index in [-0.39, 0.29) is 13.0 Å². The Balaban J connectivity index is 1.59. The van der Waals surface area contributed by atoms with Crippen molar-refractivity contribution in [1.82, 2.24) is 20.9 Å². The van der Waals surface area contributed by atoms with Crippen molar-refractivity contribution in [3.8, 4) is 5.75 Å². The predicted octanol–water partition coefficient (Wildman–Crippen LogP) is 0.469. The van der Waals surface area contributed by atoms with Crippen LogP contribution in [0.5, 0.6) is 5.75 Å². The number of amides is 6. The van der Waals surface area contributed by atoms with Gasteiger partial charge in [-0.15, -0.1) is 0 Å². The van der Waals surface area contributed by atoms with Crippen LogP contribution in [0, 0.1) is 0 Å². The van der Waals surface area contributed by atoms with E-state index >= 15 is 0 Å². The van der Waals surface area contributed by atoms with E-state index in [9.17, 15) is 19.2 Å². The molecule has 2 aliphatic heterocycles. The fraction of sp³-hybridized carbons (Fsp3) is 0.474. The molecule has 0 radical (unpaired) electrons. The highest BCUT2D eigenvalue weighted by Gasteiger charge is 2.55. The fourth-order valence-corrected chi connectivity index (χ4v) is 3.39. The highest BCUT2D eigenvalue weighted by Crippen LogP contribution is 2.40. The first kappa shape index (κ1) is 20.6. The van der Waals surface area contributed by atoms with Gasteiger partial charge in [-0.1, -0.05) is 18.2 Å². The van der Waals surface area contributed by atoms with Crippen LogP contribution in [0.2, 0.25) is 0 Å². The summed E-state index contributed by atoms with van der Waals surface area (Å²) in [7, 11) is 0. The summed E-state index contributed by atoms with van der Waals surface area (Å²) in [6.07, 6.45) is 0.861. The molecular formula is C19H24N4O6. The number of ether oxygens (including phenoxy) is 2. The van der Waals surface area contributed by atoms with E-state index in [1.807, 2.05) is 6.92 Å². The summed E-state index contributed by atoms with van der Waals surface area (Å²) in [6, 6.07) is 5.59. The molecule has 1 saturated heterocycles. The van der Waals surface area contributed by atoms with Gasteiger partial charge in [-0.05, 0) is 19.4 Å². The van der Waals surface area contributed by atoms with Gasteiger partial charge < -0.3 is 20.1 Å². The van der Waals surface area contributed by atoms with Gasteiger partial charge in [0.2, 0.25) is 5.91 Å². The van der Waals surface area contributed by atoms with Gasteiger partial charge in [0, 0.05) is 31.7 Å². The van der Waals surface area contributed by atoms with Crippen molar-refractivity contribution in [2.45, 2.75) is 25.3 Å². The number of nitrogens with zero attached hydrogens (tertiary/aromatic N) is 1. The molecule has 1 aromatic carbocycles. The van der Waals surface area contributed by atoms with Crippen molar-refractivity contribution in [3.05, 3.63) is 29.8 Å². The van der Waals surface area contributed by atoms with Crippen LogP contribution in [0.4, 0.5) is 9.59 Å². The SMILES string of the molecule is CCOCCCNC(=O)NC(=O)CN1C(=O)NC2(CCOc3ccccc32)C1=O. The van der Waals surface area contributed by atoms with Crippen LogP contribution >= 0.6 is 0 Å². The highest BCUT2D eigenvalue weighted by molar-refractivity contribution is 6.10. The number of rotatable bonds is 7. The third-order valence-electron chi connectivity index (χ3n) is 4.77. The number of fused-ring (bicyclic) bond motifs is 2. The van der Waals surface area contributed by atoms with Gasteiger partial charge in [0.05, 0.1) is 6.61 Å². The van der Waals surface area contributed by atoms with Crippen molar-refractivity contribution in [3.63, 3.8) is 0 Å². The second kappa shape index (κ2) is 8.91. The largest absolute Gasteiger partial charge is 0.493 e. The van der Waals surface area contributed by atoms with Gasteiger partial charge in [0.1, 0.15) is 12.3 Å². The zero-order valence-corrected chi connectivity index (χ0v) is 16.2. The quantitative estimate of drug-likeness (QED) is 0.448. The van der Waals surface area contributed by atoms with Crippen molar-refractivity contribution in [2.75, 3.05) is 32.9 Å². The van der Waals surface area contributed by atoms with Crippen molar-refractivity contribution in [2.24, 2.45) is 0 Å². The van der Waals surface area contributed by atoms with Gasteiger partial charge in [-0.2, -0.15) is 0 Å². The minimum atomic E-state index is -1.26. The first-order valence-corrected chi connectivity index (χ1v) is 9.50. The Labute approximate surface area is 167 Å². The highest BCUT2D eigenvalue weighted by atomic mass is 16.5. The normalized spacial score (nSPS) is 20.1. The fourth-order valence-electron chi connectivity index (χ4n) is 3.39. The monoisotopic (exact) mass is 404 g/mol. The molecule has 0 bridgehead atoms. The minimum Gasteiger partial charge on any atom is -0.493 e. The molecule has 6 amide bonds. The average molecular weight is 404 g/mol. The first-order chi connectivity index (χ1) is 14.0. The lowest BCUT2D eigenvalue weighted by atomic mass is 9.84. The summed E-state index contributed by atoms with van der Waals surface area (Å²) in [5.74, 6) is -0.774. The van der Waals surface area contributed by atoms with Crippen LogP contribution in [-0.2, 0) is 19.9 Å². The Morgan fingerprint density at radius 2 is 2.10 bits per heavy atom. The first-order valence-electron chi connectivity index (χ1n) is 9.50. The second-order valence-corrected chi connectivity index (χ2v) is 6.68. The van der Waals surface area contributed by atoms with E-state index in [0.717, 1.165) is 4.90 Å². The second-order valence-electron chi connectivity index (χ2n) is 6.68. The standard InChI is InChI=1S/C19H24N4O6/c1-2-28-10-5-9-20-17(26)21-15(24)12-23-16(25)19(22-18(23)27)8-11-29-14-7-4-3-6-13(14)19/h3-4,6-7H,2,5,8-12H2,1H3,(H,22,27)(H2,20,21,24,26). The number of carbonyl (C=O) groups is 4. The number of hydrogen-bond donors (Lipinski definition) is 3. The summed E-state index contributed by atoms with van der Waals surface area (Å²) in [5, 5.41) is 7.34. The van der Waals surface area contributed by atoms with Crippen LogP contribution in [0.15, 0.2) is 24.3 Å². The molecule has 1 atom stereocenters. The van der Waals surface area contributed by atoms with Crippen molar-refractivity contribution < 1.29 is 28.7 Å². The maximum atomic E-state index is 13.0. The Hall–Kier alpha value is -3.14. The number of imide groups is 2. The average Bonchev–Trinajstić information content (AvgIpc) is 2.93. The molecule has 1 aromatic rings. The van der Waals surface area contributed by atoms with Crippen LogP contribution in [-0.4, -0.2) is 61.7 Å². The number of carbonyl (C=O) groups excluding carboxylic acids is 4. The molecule has 156 valence electrons. The van der Waals surface area contributed by atoms with Crippen molar-refractivity contribution in [1.29, 1.82) is 0 Å². The molecule has 3 rings (SSSR count). The number of benzene rings is 1. The van der Waals surface area contributed by atoms with E-state index in [1.165, 1.54) is 0 Å². The molecule has 1 unspecified atom stereocenters. The molecule has 2 heterocycles. The smallest absolute Gasteiger partial charge is 0.325 e. The van der Waals surface area contributed by atoms with E-state index in [2.05, 4.69) is 16.0 Å². The van der Waals surface area contributed by atoms with Crippen LogP contribution in [0.3, 0.4) is 0 Å². The van der Waals surface area contributed by atoms with Gasteiger partial charge in [-0.25, -0.2) is 9.59 Å². The third kappa shape index (κ3) is 4.32. The summed E-state index contributed by atoms with van der Waals surface area (Å²) in [6.45, 7) is 3.00. The Bertz CT molecular complexity index is 814. The van der Waals surface area contributed by atoms with Crippen LogP contribution in [0.1, 0.15) is 25.3 Å². The molecule has 0 aromatic heterocycles. The molecule has 2 aliphatic rings. The summed E-state index contributed by atoms with van der Waals surface area (Å²) < 4.78 is 10.7. The van der Waals surface area contributed by atoms with Crippen LogP contribution < -0.4 is 20.7 Å². The van der Waals surface area contributed by atoms with Crippen LogP contribution in [0.25, 0.3) is 0 Å². The van der Waals surface area contributed by atoms with E-state index in [1.54, 1.807) is 24.3 Å². The summed E-state index contributed by atoms with van der Waals surface area (Å²) in [4.78, 5) is 50.2. The topological polar surface area (TPSA) is 126 Å². The number of nitrogens with one attached hydrogen (secondary N) is 3. The Kier molecular flexibility index (Phi) is 6.32.